The van der Waals surface area contributed by atoms with Gasteiger partial charge in [0.25, 0.3) is 15.0 Å². The minimum Gasteiger partial charge on any atom is -0.352 e. The van der Waals surface area contributed by atoms with Gasteiger partial charge in [-0.25, -0.2) is 8.42 Å². The standard InChI is InChI=1S/C12H14Cl3NO3S/c1-3-7(2)6-16-12(17)9-4-8(13)5-10(11(9)14)20(15,18)19/h4-5,7H,3,6H2,1-2H3,(H,16,17). The molecule has 0 fully saturated rings. The molecule has 1 atom stereocenters. The molecule has 8 heteroatoms. The van der Waals surface area contributed by atoms with Crippen molar-refractivity contribution < 1.29 is 13.2 Å². The molecule has 0 radical (unpaired) electrons. The van der Waals surface area contributed by atoms with Crippen LogP contribution in [0.3, 0.4) is 0 Å². The van der Waals surface area contributed by atoms with Gasteiger partial charge in [0.2, 0.25) is 0 Å². The molecule has 1 amide bonds. The molecular weight excluding hydrogens is 345 g/mol. The summed E-state index contributed by atoms with van der Waals surface area (Å²) in [5.41, 5.74) is -0.0123. The third-order valence-corrected chi connectivity index (χ3v) is 4.90. The van der Waals surface area contributed by atoms with Crippen LogP contribution < -0.4 is 5.32 Å². The van der Waals surface area contributed by atoms with Gasteiger partial charge in [-0.3, -0.25) is 4.79 Å². The molecule has 0 heterocycles. The van der Waals surface area contributed by atoms with Crippen molar-refractivity contribution in [2.45, 2.75) is 25.2 Å². The van der Waals surface area contributed by atoms with Crippen LogP contribution in [0.4, 0.5) is 0 Å². The van der Waals surface area contributed by atoms with E-state index in [1.807, 2.05) is 13.8 Å². The molecule has 1 unspecified atom stereocenters. The molecule has 0 saturated carbocycles. The van der Waals surface area contributed by atoms with E-state index in [9.17, 15) is 13.2 Å². The number of hydrogen-bond donors (Lipinski definition) is 1. The average Bonchev–Trinajstić information content (AvgIpc) is 2.36. The second-order valence-corrected chi connectivity index (χ2v) is 7.78. The summed E-state index contributed by atoms with van der Waals surface area (Å²) >= 11 is 11.7. The summed E-state index contributed by atoms with van der Waals surface area (Å²) in [6.07, 6.45) is 0.908. The number of hydrogen-bond acceptors (Lipinski definition) is 3. The van der Waals surface area contributed by atoms with Crippen LogP contribution >= 0.6 is 33.9 Å². The summed E-state index contributed by atoms with van der Waals surface area (Å²) in [7, 11) is 1.19. The van der Waals surface area contributed by atoms with Crippen LogP contribution in [0.25, 0.3) is 0 Å². The maximum atomic E-state index is 12.0. The number of halogens is 3. The summed E-state index contributed by atoms with van der Waals surface area (Å²) < 4.78 is 22.8. The maximum absolute atomic E-state index is 12.0. The largest absolute Gasteiger partial charge is 0.352 e. The third-order valence-electron chi connectivity index (χ3n) is 2.82. The number of amides is 1. The quantitative estimate of drug-likeness (QED) is 0.816. The Hall–Kier alpha value is -0.490. The Morgan fingerprint density at radius 2 is 1.95 bits per heavy atom. The zero-order valence-electron chi connectivity index (χ0n) is 10.9. The second kappa shape index (κ2) is 6.98. The van der Waals surface area contributed by atoms with Crippen LogP contribution in [0.1, 0.15) is 30.6 Å². The van der Waals surface area contributed by atoms with Gasteiger partial charge in [0, 0.05) is 22.2 Å². The predicted octanol–water partition coefficient (Wildman–Crippen LogP) is 3.70. The highest BCUT2D eigenvalue weighted by atomic mass is 35.7. The number of nitrogens with one attached hydrogen (secondary N) is 1. The highest BCUT2D eigenvalue weighted by molar-refractivity contribution is 8.13. The van der Waals surface area contributed by atoms with Gasteiger partial charge in [0.05, 0.1) is 10.6 Å². The Labute approximate surface area is 132 Å². The van der Waals surface area contributed by atoms with E-state index in [1.165, 1.54) is 6.07 Å². The Morgan fingerprint density at radius 3 is 2.45 bits per heavy atom. The van der Waals surface area contributed by atoms with Gasteiger partial charge in [-0.15, -0.1) is 0 Å². The van der Waals surface area contributed by atoms with E-state index in [-0.39, 0.29) is 20.5 Å². The lowest BCUT2D eigenvalue weighted by Gasteiger charge is -2.12. The summed E-state index contributed by atoms with van der Waals surface area (Å²) in [6.45, 7) is 4.44. The van der Waals surface area contributed by atoms with E-state index < -0.39 is 15.0 Å². The zero-order valence-corrected chi connectivity index (χ0v) is 14.0. The van der Waals surface area contributed by atoms with Crippen molar-refractivity contribution in [2.24, 2.45) is 5.92 Å². The Morgan fingerprint density at radius 1 is 1.35 bits per heavy atom. The Kier molecular flexibility index (Phi) is 6.13. The first-order valence-corrected chi connectivity index (χ1v) is 8.95. The molecule has 1 aromatic carbocycles. The molecule has 4 nitrogen and oxygen atoms in total. The summed E-state index contributed by atoms with van der Waals surface area (Å²) in [6, 6.07) is 2.42. The monoisotopic (exact) mass is 357 g/mol. The lowest BCUT2D eigenvalue weighted by Crippen LogP contribution is -2.28. The van der Waals surface area contributed by atoms with E-state index in [0.29, 0.717) is 12.5 Å². The summed E-state index contributed by atoms with van der Waals surface area (Å²) in [4.78, 5) is 11.7. The smallest absolute Gasteiger partial charge is 0.262 e. The minimum atomic E-state index is -4.07. The van der Waals surface area contributed by atoms with Crippen molar-refractivity contribution >= 4 is 48.8 Å². The van der Waals surface area contributed by atoms with Crippen LogP contribution in [0, 0.1) is 5.92 Å². The number of rotatable bonds is 5. The first-order valence-electron chi connectivity index (χ1n) is 5.88. The fourth-order valence-corrected chi connectivity index (χ4v) is 3.27. The molecule has 0 bridgehead atoms. The van der Waals surface area contributed by atoms with Crippen LogP contribution in [0.2, 0.25) is 10.0 Å². The van der Waals surface area contributed by atoms with E-state index in [2.05, 4.69) is 5.32 Å². The average molecular weight is 359 g/mol. The van der Waals surface area contributed by atoms with E-state index in [1.54, 1.807) is 0 Å². The normalized spacial score (nSPS) is 13.1. The first-order chi connectivity index (χ1) is 9.16. The topological polar surface area (TPSA) is 63.2 Å². The van der Waals surface area contributed by atoms with E-state index in [4.69, 9.17) is 33.9 Å². The number of benzene rings is 1. The van der Waals surface area contributed by atoms with Crippen molar-refractivity contribution in [3.05, 3.63) is 27.7 Å². The molecule has 0 aliphatic rings. The summed E-state index contributed by atoms with van der Waals surface area (Å²) in [5.74, 6) is -0.187. The van der Waals surface area contributed by atoms with Crippen molar-refractivity contribution in [1.82, 2.24) is 5.32 Å². The first kappa shape index (κ1) is 17.6. The highest BCUT2D eigenvalue weighted by Crippen LogP contribution is 2.31. The molecule has 112 valence electrons. The van der Waals surface area contributed by atoms with Gasteiger partial charge in [-0.05, 0) is 18.1 Å². The van der Waals surface area contributed by atoms with Crippen LogP contribution in [0.5, 0.6) is 0 Å². The highest BCUT2D eigenvalue weighted by Gasteiger charge is 2.22. The molecular formula is C12H14Cl3NO3S. The molecule has 0 saturated heterocycles. The summed E-state index contributed by atoms with van der Waals surface area (Å²) in [5, 5.41) is 2.52. The van der Waals surface area contributed by atoms with E-state index in [0.717, 1.165) is 12.5 Å². The Bertz CT molecular complexity index is 617. The van der Waals surface area contributed by atoms with Gasteiger partial charge in [-0.1, -0.05) is 43.5 Å². The third kappa shape index (κ3) is 4.52. The molecule has 1 N–H and O–H groups in total. The molecule has 1 rings (SSSR count). The van der Waals surface area contributed by atoms with Gasteiger partial charge < -0.3 is 5.32 Å². The van der Waals surface area contributed by atoms with Crippen molar-refractivity contribution in [3.63, 3.8) is 0 Å². The maximum Gasteiger partial charge on any atom is 0.262 e. The molecule has 0 aliphatic heterocycles. The lowest BCUT2D eigenvalue weighted by molar-refractivity contribution is 0.0948. The minimum absolute atomic E-state index is 0.0123. The van der Waals surface area contributed by atoms with Crippen molar-refractivity contribution in [3.8, 4) is 0 Å². The van der Waals surface area contributed by atoms with Crippen LogP contribution in [-0.4, -0.2) is 20.9 Å². The lowest BCUT2D eigenvalue weighted by atomic mass is 10.1. The predicted molar refractivity (Wildman–Crippen MR) is 81.3 cm³/mol. The van der Waals surface area contributed by atoms with Gasteiger partial charge in [0.1, 0.15) is 4.90 Å². The fourth-order valence-electron chi connectivity index (χ4n) is 1.41. The molecule has 0 spiro atoms. The molecule has 1 aromatic rings. The van der Waals surface area contributed by atoms with Gasteiger partial charge in [0.15, 0.2) is 0 Å². The number of carbonyl (C=O) groups excluding carboxylic acids is 1. The van der Waals surface area contributed by atoms with Crippen molar-refractivity contribution in [1.29, 1.82) is 0 Å². The van der Waals surface area contributed by atoms with E-state index >= 15 is 0 Å². The molecule has 0 aliphatic carbocycles. The Balaban J connectivity index is 3.13. The SMILES string of the molecule is CCC(C)CNC(=O)c1cc(Cl)cc(S(=O)(=O)Cl)c1Cl. The van der Waals surface area contributed by atoms with Gasteiger partial charge in [-0.2, -0.15) is 0 Å². The fraction of sp³-hybridized carbons (Fsp3) is 0.417. The molecule has 20 heavy (non-hydrogen) atoms. The second-order valence-electron chi connectivity index (χ2n) is 4.43. The molecule has 0 aromatic heterocycles. The zero-order chi connectivity index (χ0) is 15.5. The van der Waals surface area contributed by atoms with Crippen molar-refractivity contribution in [2.75, 3.05) is 6.54 Å². The van der Waals surface area contributed by atoms with Crippen LogP contribution in [0.15, 0.2) is 17.0 Å². The number of carbonyl (C=O) groups is 1. The van der Waals surface area contributed by atoms with Crippen LogP contribution in [-0.2, 0) is 9.05 Å². The van der Waals surface area contributed by atoms with Gasteiger partial charge >= 0.3 is 0 Å².